The zero-order valence-corrected chi connectivity index (χ0v) is 22.8. The van der Waals surface area contributed by atoms with Gasteiger partial charge in [-0.3, -0.25) is 0 Å². The molecule has 0 radical (unpaired) electrons. The number of rotatable bonds is 13. The van der Waals surface area contributed by atoms with Gasteiger partial charge in [-0.05, 0) is 53.9 Å². The van der Waals surface area contributed by atoms with Crippen LogP contribution in [-0.2, 0) is 0 Å². The molecule has 4 aromatic rings. The minimum Gasteiger partial charge on any atom is -0.494 e. The van der Waals surface area contributed by atoms with Crippen LogP contribution < -0.4 is 4.74 Å². The topological polar surface area (TPSA) is 35.0 Å². The molecule has 182 valence electrons. The molecule has 0 unspecified atom stereocenters. The SMILES string of the molecule is CCCCCCCCCCOc1ccc(-c2nnc(-c3ccc(-c4ccc(Br)cc4)cc3)s2)cc1. The third-order valence-electron chi connectivity index (χ3n) is 6.10. The Bertz CT molecular complexity index is 1150. The Morgan fingerprint density at radius 3 is 1.63 bits per heavy atom. The van der Waals surface area contributed by atoms with Crippen molar-refractivity contribution in [2.75, 3.05) is 6.61 Å². The number of hydrogen-bond donors (Lipinski definition) is 0. The molecule has 0 amide bonds. The first kappa shape index (κ1) is 25.6. The summed E-state index contributed by atoms with van der Waals surface area (Å²) in [5.74, 6) is 0.921. The second-order valence-electron chi connectivity index (χ2n) is 8.84. The van der Waals surface area contributed by atoms with Gasteiger partial charge in [0.05, 0.1) is 6.61 Å². The van der Waals surface area contributed by atoms with Crippen molar-refractivity contribution in [2.45, 2.75) is 58.3 Å². The summed E-state index contributed by atoms with van der Waals surface area (Å²) in [5.41, 5.74) is 4.54. The summed E-state index contributed by atoms with van der Waals surface area (Å²) in [5, 5.41) is 10.7. The van der Waals surface area contributed by atoms with E-state index in [1.54, 1.807) is 11.3 Å². The van der Waals surface area contributed by atoms with E-state index in [0.717, 1.165) is 44.4 Å². The molecule has 3 nitrogen and oxygen atoms in total. The van der Waals surface area contributed by atoms with Gasteiger partial charge in [-0.2, -0.15) is 0 Å². The first-order chi connectivity index (χ1) is 17.2. The van der Waals surface area contributed by atoms with Crippen molar-refractivity contribution in [3.05, 3.63) is 77.3 Å². The smallest absolute Gasteiger partial charge is 0.148 e. The molecule has 0 aliphatic rings. The number of benzene rings is 3. The number of ether oxygens (including phenoxy) is 1. The second kappa shape index (κ2) is 13.6. The van der Waals surface area contributed by atoms with Gasteiger partial charge in [-0.15, -0.1) is 10.2 Å². The highest BCUT2D eigenvalue weighted by atomic mass is 79.9. The first-order valence-corrected chi connectivity index (χ1v) is 14.3. The summed E-state index contributed by atoms with van der Waals surface area (Å²) < 4.78 is 7.02. The van der Waals surface area contributed by atoms with Crippen molar-refractivity contribution < 1.29 is 4.74 Å². The fraction of sp³-hybridized carbons (Fsp3) is 0.333. The van der Waals surface area contributed by atoms with Crippen molar-refractivity contribution in [1.29, 1.82) is 0 Å². The van der Waals surface area contributed by atoms with Gasteiger partial charge < -0.3 is 4.74 Å². The average molecular weight is 550 g/mol. The fourth-order valence-electron chi connectivity index (χ4n) is 4.02. The maximum atomic E-state index is 5.94. The Labute approximate surface area is 221 Å². The molecule has 0 aliphatic heterocycles. The molecule has 3 aromatic carbocycles. The standard InChI is InChI=1S/C30H33BrN2OS/c1-2-3-4-5-6-7-8-9-22-34-28-20-16-26(17-21-28)30-33-32-29(35-30)25-12-10-23(11-13-25)24-14-18-27(31)19-15-24/h10-21H,2-9,22H2,1H3. The third kappa shape index (κ3) is 7.74. The van der Waals surface area contributed by atoms with E-state index in [0.29, 0.717) is 0 Å². The largest absolute Gasteiger partial charge is 0.494 e. The maximum absolute atomic E-state index is 5.94. The minimum atomic E-state index is 0.785. The Balaban J connectivity index is 1.26. The summed E-state index contributed by atoms with van der Waals surface area (Å²) in [7, 11) is 0. The predicted octanol–water partition coefficient (Wildman–Crippen LogP) is 9.82. The molecule has 4 rings (SSSR count). The highest BCUT2D eigenvalue weighted by molar-refractivity contribution is 9.10. The lowest BCUT2D eigenvalue weighted by Crippen LogP contribution is -1.97. The quantitative estimate of drug-likeness (QED) is 0.156. The van der Waals surface area contributed by atoms with Crippen LogP contribution in [0.25, 0.3) is 32.3 Å². The molecule has 0 saturated heterocycles. The normalized spacial score (nSPS) is 11.0. The van der Waals surface area contributed by atoms with Crippen molar-refractivity contribution in [3.8, 4) is 38.0 Å². The van der Waals surface area contributed by atoms with Crippen LogP contribution >= 0.6 is 27.3 Å². The number of unbranched alkanes of at least 4 members (excludes halogenated alkanes) is 7. The van der Waals surface area contributed by atoms with Crippen LogP contribution in [0.3, 0.4) is 0 Å². The van der Waals surface area contributed by atoms with Crippen molar-refractivity contribution in [3.63, 3.8) is 0 Å². The molecule has 1 aromatic heterocycles. The number of nitrogens with zero attached hydrogens (tertiary/aromatic N) is 2. The van der Waals surface area contributed by atoms with Crippen LogP contribution in [0.1, 0.15) is 58.3 Å². The van der Waals surface area contributed by atoms with E-state index in [1.165, 1.54) is 56.1 Å². The Hall–Kier alpha value is -2.50. The molecule has 35 heavy (non-hydrogen) atoms. The van der Waals surface area contributed by atoms with E-state index in [9.17, 15) is 0 Å². The molecule has 0 atom stereocenters. The molecule has 1 heterocycles. The highest BCUT2D eigenvalue weighted by Gasteiger charge is 2.09. The first-order valence-electron chi connectivity index (χ1n) is 12.7. The summed E-state index contributed by atoms with van der Waals surface area (Å²) in [6.07, 6.45) is 10.5. The van der Waals surface area contributed by atoms with Crippen molar-refractivity contribution in [1.82, 2.24) is 10.2 Å². The van der Waals surface area contributed by atoms with E-state index in [4.69, 9.17) is 4.74 Å². The van der Waals surface area contributed by atoms with Gasteiger partial charge in [-0.25, -0.2) is 0 Å². The lowest BCUT2D eigenvalue weighted by molar-refractivity contribution is 0.304. The van der Waals surface area contributed by atoms with Gasteiger partial charge in [0.1, 0.15) is 15.8 Å². The number of aromatic nitrogens is 2. The Kier molecular flexibility index (Phi) is 9.91. The molecule has 5 heteroatoms. The predicted molar refractivity (Wildman–Crippen MR) is 152 cm³/mol. The Morgan fingerprint density at radius 1 is 0.600 bits per heavy atom. The third-order valence-corrected chi connectivity index (χ3v) is 7.65. The number of hydrogen-bond acceptors (Lipinski definition) is 4. The molecule has 0 fully saturated rings. The molecular weight excluding hydrogens is 516 g/mol. The van der Waals surface area contributed by atoms with Crippen LogP contribution in [0.5, 0.6) is 5.75 Å². The number of halogens is 1. The van der Waals surface area contributed by atoms with Crippen LogP contribution in [0.15, 0.2) is 77.3 Å². The summed E-state index contributed by atoms with van der Waals surface area (Å²) in [6, 6.07) is 25.1. The molecule has 0 bridgehead atoms. The molecule has 0 N–H and O–H groups in total. The average Bonchev–Trinajstić information content (AvgIpc) is 3.39. The van der Waals surface area contributed by atoms with E-state index in [-0.39, 0.29) is 0 Å². The van der Waals surface area contributed by atoms with Crippen LogP contribution in [-0.4, -0.2) is 16.8 Å². The Morgan fingerprint density at radius 2 is 1.06 bits per heavy atom. The molecule has 0 spiro atoms. The summed E-state index contributed by atoms with van der Waals surface area (Å²) in [6.45, 7) is 3.05. The van der Waals surface area contributed by atoms with Gasteiger partial charge >= 0.3 is 0 Å². The lowest BCUT2D eigenvalue weighted by Gasteiger charge is -2.06. The van der Waals surface area contributed by atoms with E-state index >= 15 is 0 Å². The molecular formula is C30H33BrN2OS. The lowest BCUT2D eigenvalue weighted by atomic mass is 10.0. The fourth-order valence-corrected chi connectivity index (χ4v) is 5.14. The van der Waals surface area contributed by atoms with E-state index in [2.05, 4.69) is 93.7 Å². The zero-order chi connectivity index (χ0) is 24.3. The van der Waals surface area contributed by atoms with Crippen LogP contribution in [0.4, 0.5) is 0 Å². The second-order valence-corrected chi connectivity index (χ2v) is 10.7. The summed E-state index contributed by atoms with van der Waals surface area (Å²) >= 11 is 5.11. The van der Waals surface area contributed by atoms with Gasteiger partial charge in [0.2, 0.25) is 0 Å². The zero-order valence-electron chi connectivity index (χ0n) is 20.4. The van der Waals surface area contributed by atoms with Gasteiger partial charge in [0.25, 0.3) is 0 Å². The highest BCUT2D eigenvalue weighted by Crippen LogP contribution is 2.32. The monoisotopic (exact) mass is 548 g/mol. The van der Waals surface area contributed by atoms with Crippen LogP contribution in [0, 0.1) is 0 Å². The van der Waals surface area contributed by atoms with E-state index < -0.39 is 0 Å². The minimum absolute atomic E-state index is 0.785. The van der Waals surface area contributed by atoms with E-state index in [1.807, 2.05) is 12.1 Å². The van der Waals surface area contributed by atoms with Gasteiger partial charge in [0.15, 0.2) is 0 Å². The van der Waals surface area contributed by atoms with Gasteiger partial charge in [-0.1, -0.05) is 116 Å². The molecule has 0 aliphatic carbocycles. The summed E-state index contributed by atoms with van der Waals surface area (Å²) in [4.78, 5) is 0. The maximum Gasteiger partial charge on any atom is 0.148 e. The van der Waals surface area contributed by atoms with Crippen LogP contribution in [0.2, 0.25) is 0 Å². The van der Waals surface area contributed by atoms with Gasteiger partial charge in [0, 0.05) is 15.6 Å². The van der Waals surface area contributed by atoms with Crippen molar-refractivity contribution >= 4 is 27.3 Å². The van der Waals surface area contributed by atoms with Crippen molar-refractivity contribution in [2.24, 2.45) is 0 Å². The molecule has 0 saturated carbocycles.